The highest BCUT2D eigenvalue weighted by molar-refractivity contribution is 6.33. The van der Waals surface area contributed by atoms with E-state index in [1.807, 2.05) is 12.1 Å². The van der Waals surface area contributed by atoms with E-state index in [2.05, 4.69) is 5.32 Å². The minimum Gasteiger partial charge on any atom is -0.396 e. The van der Waals surface area contributed by atoms with E-state index in [0.29, 0.717) is 30.1 Å². The van der Waals surface area contributed by atoms with E-state index in [9.17, 15) is 4.79 Å². The summed E-state index contributed by atoms with van der Waals surface area (Å²) < 4.78 is 0. The van der Waals surface area contributed by atoms with E-state index in [1.54, 1.807) is 6.07 Å². The number of primary amides is 1. The second kappa shape index (κ2) is 5.46. The van der Waals surface area contributed by atoms with Crippen LogP contribution in [0.15, 0.2) is 18.2 Å². The van der Waals surface area contributed by atoms with Crippen LogP contribution < -0.4 is 16.8 Å². The van der Waals surface area contributed by atoms with Crippen molar-refractivity contribution >= 4 is 28.9 Å². The van der Waals surface area contributed by atoms with Gasteiger partial charge in [-0.25, -0.2) is 0 Å². The van der Waals surface area contributed by atoms with Gasteiger partial charge >= 0.3 is 0 Å². The third kappa shape index (κ3) is 3.67. The molecular weight excluding hydrogens is 214 g/mol. The molecule has 0 aliphatic heterocycles. The quantitative estimate of drug-likeness (QED) is 0.528. The molecule has 15 heavy (non-hydrogen) atoms. The van der Waals surface area contributed by atoms with Crippen LogP contribution in [0.5, 0.6) is 0 Å². The van der Waals surface area contributed by atoms with Gasteiger partial charge in [0.05, 0.1) is 16.4 Å². The third-order valence-electron chi connectivity index (χ3n) is 1.97. The third-order valence-corrected chi connectivity index (χ3v) is 2.30. The molecule has 5 N–H and O–H groups in total. The normalized spacial score (nSPS) is 9.93. The van der Waals surface area contributed by atoms with Crippen molar-refractivity contribution in [3.63, 3.8) is 0 Å². The fraction of sp³-hybridized carbons (Fsp3) is 0.300. The molecule has 1 aromatic carbocycles. The summed E-state index contributed by atoms with van der Waals surface area (Å²) in [6.07, 6.45) is 1.05. The second-order valence-corrected chi connectivity index (χ2v) is 3.60. The Bertz CT molecular complexity index is 355. The highest BCUT2D eigenvalue weighted by atomic mass is 35.5. The Balaban J connectivity index is 2.44. The molecule has 0 radical (unpaired) electrons. The number of para-hydroxylation sites is 1. The van der Waals surface area contributed by atoms with Crippen LogP contribution >= 0.6 is 11.6 Å². The van der Waals surface area contributed by atoms with Crippen molar-refractivity contribution in [2.24, 2.45) is 5.73 Å². The SMILES string of the molecule is NC(=O)CCCNc1cccc(Cl)c1N. The van der Waals surface area contributed by atoms with Gasteiger partial charge in [0.15, 0.2) is 0 Å². The van der Waals surface area contributed by atoms with E-state index < -0.39 is 0 Å². The summed E-state index contributed by atoms with van der Waals surface area (Å²) in [5.74, 6) is -0.295. The number of carbonyl (C=O) groups excluding carboxylic acids is 1. The molecule has 4 nitrogen and oxygen atoms in total. The summed E-state index contributed by atoms with van der Waals surface area (Å²) in [4.78, 5) is 10.5. The Labute approximate surface area is 93.6 Å². The number of nitrogens with two attached hydrogens (primary N) is 2. The number of amides is 1. The summed E-state index contributed by atoms with van der Waals surface area (Å²) in [6.45, 7) is 0.646. The van der Waals surface area contributed by atoms with Crippen LogP contribution in [0.1, 0.15) is 12.8 Å². The Kier molecular flexibility index (Phi) is 4.24. The predicted octanol–water partition coefficient (Wildman–Crippen LogP) is 1.60. The molecular formula is C10H14ClN3O. The molecule has 5 heteroatoms. The van der Waals surface area contributed by atoms with Crippen molar-refractivity contribution in [2.45, 2.75) is 12.8 Å². The van der Waals surface area contributed by atoms with E-state index in [4.69, 9.17) is 23.1 Å². The molecule has 0 saturated heterocycles. The summed E-state index contributed by atoms with van der Waals surface area (Å²) in [5.41, 5.74) is 12.1. The van der Waals surface area contributed by atoms with Crippen LogP contribution in [-0.4, -0.2) is 12.5 Å². The van der Waals surface area contributed by atoms with Gasteiger partial charge in [-0.3, -0.25) is 4.79 Å². The molecule has 1 amide bonds. The van der Waals surface area contributed by atoms with Gasteiger partial charge in [-0.15, -0.1) is 0 Å². The lowest BCUT2D eigenvalue weighted by Gasteiger charge is -2.09. The average molecular weight is 228 g/mol. The average Bonchev–Trinajstić information content (AvgIpc) is 2.18. The van der Waals surface area contributed by atoms with Gasteiger partial charge in [0.25, 0.3) is 0 Å². The first-order valence-electron chi connectivity index (χ1n) is 4.67. The zero-order valence-corrected chi connectivity index (χ0v) is 9.05. The van der Waals surface area contributed by atoms with Gasteiger partial charge in [-0.1, -0.05) is 17.7 Å². The summed E-state index contributed by atoms with van der Waals surface area (Å²) in [7, 11) is 0. The maximum atomic E-state index is 10.5. The first-order valence-corrected chi connectivity index (χ1v) is 5.05. The van der Waals surface area contributed by atoms with Gasteiger partial charge in [0.2, 0.25) is 5.91 Å². The molecule has 1 rings (SSSR count). The number of hydrogen-bond acceptors (Lipinski definition) is 3. The number of rotatable bonds is 5. The van der Waals surface area contributed by atoms with Gasteiger partial charge in [0, 0.05) is 13.0 Å². The van der Waals surface area contributed by atoms with Crippen LogP contribution in [0.2, 0.25) is 5.02 Å². The van der Waals surface area contributed by atoms with E-state index in [-0.39, 0.29) is 5.91 Å². The topological polar surface area (TPSA) is 81.1 Å². The number of nitrogen functional groups attached to an aromatic ring is 1. The standard InChI is InChI=1S/C10H14ClN3O/c11-7-3-1-4-8(10(7)13)14-6-2-5-9(12)15/h1,3-4,14H,2,5-6,13H2,(H2,12,15). The van der Waals surface area contributed by atoms with Crippen molar-refractivity contribution in [3.05, 3.63) is 23.2 Å². The Morgan fingerprint density at radius 3 is 2.87 bits per heavy atom. The Morgan fingerprint density at radius 2 is 2.20 bits per heavy atom. The molecule has 0 saturated carbocycles. The number of nitrogens with one attached hydrogen (secondary N) is 1. The van der Waals surface area contributed by atoms with Crippen molar-refractivity contribution in [1.29, 1.82) is 0 Å². The van der Waals surface area contributed by atoms with Gasteiger partial charge < -0.3 is 16.8 Å². The van der Waals surface area contributed by atoms with Crippen LogP contribution in [0.4, 0.5) is 11.4 Å². The second-order valence-electron chi connectivity index (χ2n) is 3.20. The number of carbonyl (C=O) groups is 1. The van der Waals surface area contributed by atoms with Crippen LogP contribution in [0.25, 0.3) is 0 Å². The Morgan fingerprint density at radius 1 is 1.47 bits per heavy atom. The molecule has 82 valence electrons. The number of benzene rings is 1. The lowest BCUT2D eigenvalue weighted by Crippen LogP contribution is -2.13. The first-order chi connectivity index (χ1) is 7.11. The molecule has 0 atom stereocenters. The van der Waals surface area contributed by atoms with Crippen LogP contribution in [0, 0.1) is 0 Å². The molecule has 0 unspecified atom stereocenters. The maximum absolute atomic E-state index is 10.5. The van der Waals surface area contributed by atoms with Crippen LogP contribution in [-0.2, 0) is 4.79 Å². The largest absolute Gasteiger partial charge is 0.396 e. The number of halogens is 1. The zero-order chi connectivity index (χ0) is 11.3. The minimum absolute atomic E-state index is 0.295. The molecule has 0 heterocycles. The first kappa shape index (κ1) is 11.7. The molecule has 0 spiro atoms. The maximum Gasteiger partial charge on any atom is 0.217 e. The fourth-order valence-corrected chi connectivity index (χ4v) is 1.35. The minimum atomic E-state index is -0.295. The van der Waals surface area contributed by atoms with E-state index in [1.165, 1.54) is 0 Å². The molecule has 0 fully saturated rings. The summed E-state index contributed by atoms with van der Waals surface area (Å²) in [6, 6.07) is 5.38. The monoisotopic (exact) mass is 227 g/mol. The number of hydrogen-bond donors (Lipinski definition) is 3. The smallest absolute Gasteiger partial charge is 0.217 e. The molecule has 0 aliphatic carbocycles. The van der Waals surface area contributed by atoms with Crippen molar-refractivity contribution in [3.8, 4) is 0 Å². The van der Waals surface area contributed by atoms with Crippen molar-refractivity contribution in [1.82, 2.24) is 0 Å². The Hall–Kier alpha value is -1.42. The van der Waals surface area contributed by atoms with Crippen LogP contribution in [0.3, 0.4) is 0 Å². The zero-order valence-electron chi connectivity index (χ0n) is 8.29. The van der Waals surface area contributed by atoms with E-state index >= 15 is 0 Å². The predicted molar refractivity (Wildman–Crippen MR) is 62.8 cm³/mol. The summed E-state index contributed by atoms with van der Waals surface area (Å²) >= 11 is 5.84. The highest BCUT2D eigenvalue weighted by Crippen LogP contribution is 2.26. The molecule has 1 aromatic rings. The van der Waals surface area contributed by atoms with Crippen molar-refractivity contribution < 1.29 is 4.79 Å². The molecule has 0 aliphatic rings. The van der Waals surface area contributed by atoms with Gasteiger partial charge in [0.1, 0.15) is 0 Å². The summed E-state index contributed by atoms with van der Waals surface area (Å²) in [5, 5.41) is 3.61. The lowest BCUT2D eigenvalue weighted by molar-refractivity contribution is -0.118. The van der Waals surface area contributed by atoms with Gasteiger partial charge in [-0.05, 0) is 18.6 Å². The molecule has 0 aromatic heterocycles. The molecule has 0 bridgehead atoms. The lowest BCUT2D eigenvalue weighted by atomic mass is 10.2. The van der Waals surface area contributed by atoms with Crippen molar-refractivity contribution in [2.75, 3.05) is 17.6 Å². The number of anilines is 2. The van der Waals surface area contributed by atoms with E-state index in [0.717, 1.165) is 5.69 Å². The highest BCUT2D eigenvalue weighted by Gasteiger charge is 2.01. The fourth-order valence-electron chi connectivity index (χ4n) is 1.18. The van der Waals surface area contributed by atoms with Gasteiger partial charge in [-0.2, -0.15) is 0 Å².